The van der Waals surface area contributed by atoms with E-state index in [1.165, 1.54) is 6.07 Å². The first-order valence-corrected chi connectivity index (χ1v) is 6.18. The van der Waals surface area contributed by atoms with Crippen molar-refractivity contribution in [3.8, 4) is 0 Å². The van der Waals surface area contributed by atoms with E-state index < -0.39 is 11.7 Å². The summed E-state index contributed by atoms with van der Waals surface area (Å²) in [5, 5.41) is 0. The van der Waals surface area contributed by atoms with Crippen molar-refractivity contribution in [3.63, 3.8) is 0 Å². The third kappa shape index (κ3) is 2.73. The normalized spacial score (nSPS) is 17.6. The van der Waals surface area contributed by atoms with E-state index in [0.717, 1.165) is 31.9 Å². The van der Waals surface area contributed by atoms with Crippen LogP contribution in [0.5, 0.6) is 0 Å². The highest BCUT2D eigenvalue weighted by atomic mass is 35.5. The Balaban J connectivity index is 2.43. The van der Waals surface area contributed by atoms with Gasteiger partial charge in [-0.05, 0) is 30.4 Å². The summed E-state index contributed by atoms with van der Waals surface area (Å²) in [7, 11) is 0. The fraction of sp³-hybridized carbons (Fsp3) is 0.583. The zero-order valence-corrected chi connectivity index (χ0v) is 9.98. The summed E-state index contributed by atoms with van der Waals surface area (Å²) in [5.74, 6) is 0.161. The minimum atomic E-state index is -4.32. The predicted octanol–water partition coefficient (Wildman–Crippen LogP) is 4.50. The summed E-state index contributed by atoms with van der Waals surface area (Å²) < 4.78 is 38.6. The van der Waals surface area contributed by atoms with E-state index in [-0.39, 0.29) is 11.8 Å². The zero-order chi connectivity index (χ0) is 12.5. The third-order valence-corrected chi connectivity index (χ3v) is 3.50. The van der Waals surface area contributed by atoms with Gasteiger partial charge in [0.15, 0.2) is 0 Å². The van der Waals surface area contributed by atoms with Crippen molar-refractivity contribution >= 4 is 11.6 Å². The SMILES string of the molecule is FC(F)(F)c1cnc(CCl)cc1C1CCCC1. The van der Waals surface area contributed by atoms with E-state index in [2.05, 4.69) is 4.98 Å². The van der Waals surface area contributed by atoms with Gasteiger partial charge in [-0.1, -0.05) is 12.8 Å². The second-order valence-electron chi connectivity index (χ2n) is 4.38. The topological polar surface area (TPSA) is 12.9 Å². The molecule has 0 unspecified atom stereocenters. The number of halogens is 4. The van der Waals surface area contributed by atoms with Gasteiger partial charge in [-0.2, -0.15) is 13.2 Å². The van der Waals surface area contributed by atoms with Gasteiger partial charge < -0.3 is 0 Å². The predicted molar refractivity (Wildman–Crippen MR) is 60.0 cm³/mol. The number of aromatic nitrogens is 1. The lowest BCUT2D eigenvalue weighted by Crippen LogP contribution is -2.12. The fourth-order valence-electron chi connectivity index (χ4n) is 2.40. The first-order chi connectivity index (χ1) is 8.02. The molecule has 0 bridgehead atoms. The van der Waals surface area contributed by atoms with Gasteiger partial charge >= 0.3 is 6.18 Å². The first-order valence-electron chi connectivity index (χ1n) is 5.64. The molecule has 1 saturated carbocycles. The van der Waals surface area contributed by atoms with E-state index >= 15 is 0 Å². The van der Waals surface area contributed by atoms with Gasteiger partial charge in [0.2, 0.25) is 0 Å². The van der Waals surface area contributed by atoms with Crippen LogP contribution in [0.2, 0.25) is 0 Å². The molecule has 0 atom stereocenters. The molecule has 94 valence electrons. The molecule has 1 aromatic heterocycles. The first kappa shape index (κ1) is 12.7. The molecule has 0 N–H and O–H groups in total. The van der Waals surface area contributed by atoms with E-state index in [1.807, 2.05) is 0 Å². The van der Waals surface area contributed by atoms with E-state index in [4.69, 9.17) is 11.6 Å². The highest BCUT2D eigenvalue weighted by Gasteiger charge is 2.36. The Hall–Kier alpha value is -0.770. The van der Waals surface area contributed by atoms with Crippen LogP contribution in [0.15, 0.2) is 12.3 Å². The number of nitrogens with zero attached hydrogens (tertiary/aromatic N) is 1. The number of pyridine rings is 1. The maximum atomic E-state index is 12.9. The summed E-state index contributed by atoms with van der Waals surface area (Å²) in [6.45, 7) is 0. The molecule has 1 aromatic rings. The second-order valence-corrected chi connectivity index (χ2v) is 4.64. The lowest BCUT2D eigenvalue weighted by molar-refractivity contribution is -0.138. The minimum absolute atomic E-state index is 0.0107. The maximum Gasteiger partial charge on any atom is 0.418 e. The Kier molecular flexibility index (Phi) is 3.61. The molecule has 2 rings (SSSR count). The van der Waals surface area contributed by atoms with Crippen molar-refractivity contribution in [3.05, 3.63) is 29.1 Å². The van der Waals surface area contributed by atoms with E-state index in [9.17, 15) is 13.2 Å². The van der Waals surface area contributed by atoms with Gasteiger partial charge in [0.1, 0.15) is 0 Å². The molecule has 1 aliphatic carbocycles. The van der Waals surface area contributed by atoms with Crippen LogP contribution >= 0.6 is 11.6 Å². The van der Waals surface area contributed by atoms with Crippen LogP contribution < -0.4 is 0 Å². The Bertz CT molecular complexity index is 397. The van der Waals surface area contributed by atoms with Crippen LogP contribution in [0, 0.1) is 0 Å². The van der Waals surface area contributed by atoms with Gasteiger partial charge in [-0.15, -0.1) is 11.6 Å². The minimum Gasteiger partial charge on any atom is -0.259 e. The molecule has 1 aliphatic rings. The van der Waals surface area contributed by atoms with Crippen molar-refractivity contribution in [2.24, 2.45) is 0 Å². The van der Waals surface area contributed by atoms with Crippen molar-refractivity contribution < 1.29 is 13.2 Å². The molecular weight excluding hydrogens is 251 g/mol. The summed E-state index contributed by atoms with van der Waals surface area (Å²) in [5.41, 5.74) is 0.292. The van der Waals surface area contributed by atoms with Crippen molar-refractivity contribution in [1.82, 2.24) is 4.98 Å². The lowest BCUT2D eigenvalue weighted by Gasteiger charge is -2.17. The van der Waals surface area contributed by atoms with Crippen LogP contribution in [0.3, 0.4) is 0 Å². The lowest BCUT2D eigenvalue weighted by atomic mass is 9.93. The van der Waals surface area contributed by atoms with E-state index in [1.54, 1.807) is 0 Å². The number of hydrogen-bond acceptors (Lipinski definition) is 1. The average Bonchev–Trinajstić information content (AvgIpc) is 2.80. The molecule has 1 nitrogen and oxygen atoms in total. The molecular formula is C12H13ClF3N. The number of rotatable bonds is 2. The van der Waals surface area contributed by atoms with Crippen LogP contribution in [-0.4, -0.2) is 4.98 Å². The summed E-state index contributed by atoms with van der Waals surface area (Å²) in [6.07, 6.45) is 0.256. The number of hydrogen-bond donors (Lipinski definition) is 0. The highest BCUT2D eigenvalue weighted by Crippen LogP contribution is 2.41. The maximum absolute atomic E-state index is 12.9. The van der Waals surface area contributed by atoms with Crippen LogP contribution in [0.25, 0.3) is 0 Å². The number of alkyl halides is 4. The van der Waals surface area contributed by atoms with Gasteiger partial charge in [0.25, 0.3) is 0 Å². The quantitative estimate of drug-likeness (QED) is 0.716. The van der Waals surface area contributed by atoms with Crippen molar-refractivity contribution in [1.29, 1.82) is 0 Å². The van der Waals surface area contributed by atoms with Gasteiger partial charge in [0.05, 0.1) is 17.1 Å². The fourth-order valence-corrected chi connectivity index (χ4v) is 2.55. The molecule has 17 heavy (non-hydrogen) atoms. The van der Waals surface area contributed by atoms with Gasteiger partial charge in [0, 0.05) is 6.20 Å². The van der Waals surface area contributed by atoms with Crippen molar-refractivity contribution in [2.45, 2.75) is 43.7 Å². The Morgan fingerprint density at radius 1 is 1.29 bits per heavy atom. The standard InChI is InChI=1S/C12H13ClF3N/c13-6-9-5-10(8-3-1-2-4-8)11(7-17-9)12(14,15)16/h5,7-8H,1-4,6H2. The van der Waals surface area contributed by atoms with Gasteiger partial charge in [-0.3, -0.25) is 4.98 Å². The molecule has 5 heteroatoms. The van der Waals surface area contributed by atoms with Crippen molar-refractivity contribution in [2.75, 3.05) is 0 Å². The smallest absolute Gasteiger partial charge is 0.259 e. The monoisotopic (exact) mass is 263 g/mol. The molecule has 0 radical (unpaired) electrons. The van der Waals surface area contributed by atoms with Crippen LogP contribution in [0.1, 0.15) is 48.4 Å². The molecule has 0 amide bonds. The molecule has 0 spiro atoms. The Labute approximate surface area is 103 Å². The largest absolute Gasteiger partial charge is 0.418 e. The molecule has 0 saturated heterocycles. The molecule has 1 fully saturated rings. The second kappa shape index (κ2) is 4.84. The van der Waals surface area contributed by atoms with Crippen LogP contribution in [0.4, 0.5) is 13.2 Å². The van der Waals surface area contributed by atoms with E-state index in [0.29, 0.717) is 11.3 Å². The Morgan fingerprint density at radius 2 is 1.94 bits per heavy atom. The summed E-state index contributed by atoms with van der Waals surface area (Å²) in [6, 6.07) is 1.52. The molecule has 0 aliphatic heterocycles. The Morgan fingerprint density at radius 3 is 2.47 bits per heavy atom. The summed E-state index contributed by atoms with van der Waals surface area (Å²) in [4.78, 5) is 3.74. The average molecular weight is 264 g/mol. The third-order valence-electron chi connectivity index (χ3n) is 3.23. The van der Waals surface area contributed by atoms with Crippen LogP contribution in [-0.2, 0) is 12.1 Å². The molecule has 1 heterocycles. The zero-order valence-electron chi connectivity index (χ0n) is 9.23. The summed E-state index contributed by atoms with van der Waals surface area (Å²) >= 11 is 5.63. The van der Waals surface area contributed by atoms with Gasteiger partial charge in [-0.25, -0.2) is 0 Å². The molecule has 0 aromatic carbocycles. The highest BCUT2D eigenvalue weighted by molar-refractivity contribution is 6.16.